The van der Waals surface area contributed by atoms with Crippen molar-refractivity contribution < 1.29 is 18.4 Å². The molecule has 0 fully saturated rings. The average molecular weight is 413 g/mol. The highest BCUT2D eigenvalue weighted by Gasteiger charge is 2.19. The molecule has 0 aliphatic rings. The van der Waals surface area contributed by atoms with Crippen LogP contribution in [0.25, 0.3) is 22.4 Å². The van der Waals surface area contributed by atoms with Gasteiger partial charge in [0.25, 0.3) is 11.6 Å². The minimum atomic E-state index is -0.418. The number of ether oxygens (including phenoxy) is 1. The summed E-state index contributed by atoms with van der Waals surface area (Å²) in [5.41, 5.74) is 1.85. The van der Waals surface area contributed by atoms with Crippen LogP contribution in [0.4, 0.5) is 4.39 Å². The standard InChI is InChI=1S/C20H14ClFN4O3/c21-14-5-1-3-12(7-14)9-23-16(27)10-28-19-17-18(13-4-2-6-15(22)8-13)26-29-20(17)25-11-24-19/h1-8,11H,9-10H2,(H,23,27). The van der Waals surface area contributed by atoms with Crippen LogP contribution in [0.2, 0.25) is 5.02 Å². The third-order valence-corrected chi connectivity index (χ3v) is 4.29. The molecule has 2 heterocycles. The van der Waals surface area contributed by atoms with Crippen molar-refractivity contribution in [3.05, 3.63) is 71.3 Å². The van der Waals surface area contributed by atoms with Gasteiger partial charge in [0.1, 0.15) is 23.2 Å². The second-order valence-electron chi connectivity index (χ2n) is 6.10. The van der Waals surface area contributed by atoms with Crippen molar-refractivity contribution in [1.29, 1.82) is 0 Å². The predicted molar refractivity (Wildman–Crippen MR) is 104 cm³/mol. The van der Waals surface area contributed by atoms with Crippen molar-refractivity contribution in [3.63, 3.8) is 0 Å². The summed E-state index contributed by atoms with van der Waals surface area (Å²) >= 11 is 5.93. The Hall–Kier alpha value is -3.52. The Morgan fingerprint density at radius 3 is 2.86 bits per heavy atom. The largest absolute Gasteiger partial charge is 0.467 e. The van der Waals surface area contributed by atoms with Gasteiger partial charge in [0.2, 0.25) is 5.88 Å². The number of rotatable bonds is 6. The van der Waals surface area contributed by atoms with E-state index in [4.69, 9.17) is 20.9 Å². The van der Waals surface area contributed by atoms with Crippen molar-refractivity contribution in [3.8, 4) is 17.1 Å². The van der Waals surface area contributed by atoms with Gasteiger partial charge in [-0.1, -0.05) is 41.0 Å². The molecule has 0 bridgehead atoms. The number of aromatic nitrogens is 3. The van der Waals surface area contributed by atoms with Gasteiger partial charge in [-0.05, 0) is 29.8 Å². The molecule has 29 heavy (non-hydrogen) atoms. The molecule has 4 rings (SSSR count). The minimum absolute atomic E-state index is 0.119. The van der Waals surface area contributed by atoms with Crippen LogP contribution in [-0.2, 0) is 11.3 Å². The summed E-state index contributed by atoms with van der Waals surface area (Å²) in [4.78, 5) is 20.2. The van der Waals surface area contributed by atoms with E-state index in [-0.39, 0.29) is 24.1 Å². The molecule has 0 spiro atoms. The predicted octanol–water partition coefficient (Wildman–Crippen LogP) is 3.77. The number of halogens is 2. The third kappa shape index (κ3) is 4.33. The Morgan fingerprint density at radius 1 is 1.17 bits per heavy atom. The lowest BCUT2D eigenvalue weighted by atomic mass is 10.1. The lowest BCUT2D eigenvalue weighted by Crippen LogP contribution is -2.28. The molecule has 1 amide bonds. The van der Waals surface area contributed by atoms with Crippen molar-refractivity contribution in [2.45, 2.75) is 6.54 Å². The molecule has 0 unspecified atom stereocenters. The Bertz CT molecular complexity index is 1180. The van der Waals surface area contributed by atoms with Gasteiger partial charge >= 0.3 is 0 Å². The number of benzene rings is 2. The topological polar surface area (TPSA) is 90.1 Å². The molecule has 2 aromatic heterocycles. The van der Waals surface area contributed by atoms with E-state index >= 15 is 0 Å². The summed E-state index contributed by atoms with van der Waals surface area (Å²) in [6.45, 7) is 0.0319. The number of carbonyl (C=O) groups is 1. The highest BCUT2D eigenvalue weighted by atomic mass is 35.5. The van der Waals surface area contributed by atoms with Crippen LogP contribution in [-0.4, -0.2) is 27.6 Å². The van der Waals surface area contributed by atoms with E-state index in [9.17, 15) is 9.18 Å². The molecule has 0 aliphatic heterocycles. The molecule has 2 aromatic carbocycles. The maximum Gasteiger partial charge on any atom is 0.265 e. The molecule has 0 saturated heterocycles. The van der Waals surface area contributed by atoms with Gasteiger partial charge in [0.15, 0.2) is 6.61 Å². The van der Waals surface area contributed by atoms with Gasteiger partial charge in [-0.2, -0.15) is 4.98 Å². The second-order valence-corrected chi connectivity index (χ2v) is 6.53. The molecule has 146 valence electrons. The molecule has 4 aromatic rings. The van der Waals surface area contributed by atoms with Crippen molar-refractivity contribution in [2.75, 3.05) is 6.61 Å². The Labute approximate surface area is 169 Å². The fraction of sp³-hybridized carbons (Fsp3) is 0.100. The number of nitrogens with one attached hydrogen (secondary N) is 1. The van der Waals surface area contributed by atoms with E-state index in [2.05, 4.69) is 20.4 Å². The molecule has 7 nitrogen and oxygen atoms in total. The summed E-state index contributed by atoms with van der Waals surface area (Å²) in [5.74, 6) is -0.646. The summed E-state index contributed by atoms with van der Waals surface area (Å²) in [6.07, 6.45) is 1.24. The SMILES string of the molecule is O=C(COc1ncnc2onc(-c3cccc(F)c3)c12)NCc1cccc(Cl)c1. The van der Waals surface area contributed by atoms with Crippen LogP contribution in [0.5, 0.6) is 5.88 Å². The van der Waals surface area contributed by atoms with Crippen LogP contribution < -0.4 is 10.1 Å². The summed E-state index contributed by atoms with van der Waals surface area (Å²) in [6, 6.07) is 13.0. The van der Waals surface area contributed by atoms with E-state index in [1.54, 1.807) is 30.3 Å². The first-order chi connectivity index (χ1) is 14.1. The van der Waals surface area contributed by atoms with Crippen LogP contribution in [0, 0.1) is 5.82 Å². The number of carbonyl (C=O) groups excluding carboxylic acids is 1. The zero-order valence-electron chi connectivity index (χ0n) is 14.9. The van der Waals surface area contributed by atoms with Crippen LogP contribution in [0.1, 0.15) is 5.56 Å². The summed E-state index contributed by atoms with van der Waals surface area (Å²) < 4.78 is 24.3. The maximum absolute atomic E-state index is 13.6. The quantitative estimate of drug-likeness (QED) is 0.518. The van der Waals surface area contributed by atoms with Gasteiger partial charge in [-0.25, -0.2) is 9.37 Å². The molecule has 0 atom stereocenters. The van der Waals surface area contributed by atoms with E-state index in [1.807, 2.05) is 6.07 Å². The summed E-state index contributed by atoms with van der Waals surface area (Å²) in [5, 5.41) is 7.63. The Kier molecular flexibility index (Phi) is 5.35. The fourth-order valence-electron chi connectivity index (χ4n) is 2.74. The first kappa shape index (κ1) is 18.8. The lowest BCUT2D eigenvalue weighted by Gasteiger charge is -2.08. The van der Waals surface area contributed by atoms with Gasteiger partial charge in [-0.3, -0.25) is 4.79 Å². The van der Waals surface area contributed by atoms with Gasteiger partial charge in [0.05, 0.1) is 0 Å². The molecule has 9 heteroatoms. The van der Waals surface area contributed by atoms with Crippen molar-refractivity contribution >= 4 is 28.6 Å². The van der Waals surface area contributed by atoms with Gasteiger partial charge in [-0.15, -0.1) is 0 Å². The normalized spacial score (nSPS) is 10.8. The van der Waals surface area contributed by atoms with Crippen molar-refractivity contribution in [1.82, 2.24) is 20.4 Å². The van der Waals surface area contributed by atoms with E-state index in [0.717, 1.165) is 5.56 Å². The first-order valence-electron chi connectivity index (χ1n) is 8.60. The zero-order valence-corrected chi connectivity index (χ0v) is 15.7. The summed E-state index contributed by atoms with van der Waals surface area (Å²) in [7, 11) is 0. The lowest BCUT2D eigenvalue weighted by molar-refractivity contribution is -0.123. The number of amides is 1. The average Bonchev–Trinajstić information content (AvgIpc) is 3.16. The fourth-order valence-corrected chi connectivity index (χ4v) is 2.95. The van der Waals surface area contributed by atoms with E-state index < -0.39 is 5.82 Å². The molecule has 0 radical (unpaired) electrons. The number of hydrogen-bond donors (Lipinski definition) is 1. The highest BCUT2D eigenvalue weighted by molar-refractivity contribution is 6.30. The van der Waals surface area contributed by atoms with Crippen LogP contribution in [0.15, 0.2) is 59.4 Å². The second kappa shape index (κ2) is 8.24. The van der Waals surface area contributed by atoms with Gasteiger partial charge in [0, 0.05) is 17.1 Å². The van der Waals surface area contributed by atoms with E-state index in [1.165, 1.54) is 18.5 Å². The number of hydrogen-bond acceptors (Lipinski definition) is 6. The minimum Gasteiger partial charge on any atom is -0.467 e. The molecule has 0 saturated carbocycles. The van der Waals surface area contributed by atoms with E-state index in [0.29, 0.717) is 28.2 Å². The third-order valence-electron chi connectivity index (χ3n) is 4.05. The van der Waals surface area contributed by atoms with Crippen molar-refractivity contribution in [2.24, 2.45) is 0 Å². The Morgan fingerprint density at radius 2 is 2.03 bits per heavy atom. The number of nitrogens with zero attached hydrogens (tertiary/aromatic N) is 3. The van der Waals surface area contributed by atoms with Crippen LogP contribution >= 0.6 is 11.6 Å². The molecule has 0 aliphatic carbocycles. The Balaban J connectivity index is 1.49. The highest BCUT2D eigenvalue weighted by Crippen LogP contribution is 2.32. The monoisotopic (exact) mass is 412 g/mol. The molecular weight excluding hydrogens is 399 g/mol. The number of fused-ring (bicyclic) bond motifs is 1. The zero-order chi connectivity index (χ0) is 20.2. The first-order valence-corrected chi connectivity index (χ1v) is 8.98. The van der Waals surface area contributed by atoms with Crippen LogP contribution in [0.3, 0.4) is 0 Å². The smallest absolute Gasteiger partial charge is 0.265 e. The molecule has 1 N–H and O–H groups in total. The van der Waals surface area contributed by atoms with Gasteiger partial charge < -0.3 is 14.6 Å². The molecular formula is C20H14ClFN4O3. The maximum atomic E-state index is 13.6.